The quantitative estimate of drug-likeness (QED) is 0.312. The SMILES string of the molecule is CNc1nccc2cc(-c3c(CO)c(CC(C)C)nc4c3C(=O)N[C@@]4(C)Cc3ccc(F)cc3)sc12. The number of thiophene rings is 1. The molecular formula is C28H29FN4O2S. The van der Waals surface area contributed by atoms with Crippen molar-refractivity contribution in [2.24, 2.45) is 5.92 Å². The van der Waals surface area contributed by atoms with E-state index in [0.29, 0.717) is 35.6 Å². The van der Waals surface area contributed by atoms with Gasteiger partial charge in [0.15, 0.2) is 0 Å². The summed E-state index contributed by atoms with van der Waals surface area (Å²) in [6, 6.07) is 10.3. The maximum atomic E-state index is 13.5. The summed E-state index contributed by atoms with van der Waals surface area (Å²) in [5.74, 6) is 0.567. The second-order valence-electron chi connectivity index (χ2n) is 9.92. The Kier molecular flexibility index (Phi) is 6.26. The number of aromatic nitrogens is 2. The van der Waals surface area contributed by atoms with Crippen LogP contribution in [0.15, 0.2) is 42.6 Å². The van der Waals surface area contributed by atoms with Gasteiger partial charge in [0.1, 0.15) is 11.6 Å². The molecule has 6 nitrogen and oxygen atoms in total. The van der Waals surface area contributed by atoms with Gasteiger partial charge in [-0.05, 0) is 54.5 Å². The Morgan fingerprint density at radius 3 is 2.61 bits per heavy atom. The van der Waals surface area contributed by atoms with Crippen LogP contribution in [-0.4, -0.2) is 28.0 Å². The molecule has 1 atom stereocenters. The number of carbonyl (C=O) groups excluding carboxylic acids is 1. The number of pyridine rings is 2. The lowest BCUT2D eigenvalue weighted by molar-refractivity contribution is 0.0935. The molecule has 0 saturated heterocycles. The van der Waals surface area contributed by atoms with Crippen LogP contribution in [0.25, 0.3) is 20.5 Å². The molecule has 0 saturated carbocycles. The largest absolute Gasteiger partial charge is 0.392 e. The summed E-state index contributed by atoms with van der Waals surface area (Å²) < 4.78 is 14.5. The first-order valence-corrected chi connectivity index (χ1v) is 12.9. The molecule has 1 aromatic carbocycles. The molecule has 3 N–H and O–H groups in total. The van der Waals surface area contributed by atoms with Crippen molar-refractivity contribution in [3.8, 4) is 10.4 Å². The molecule has 8 heteroatoms. The van der Waals surface area contributed by atoms with Crippen molar-refractivity contribution in [2.75, 3.05) is 12.4 Å². The zero-order chi connectivity index (χ0) is 25.6. The molecule has 36 heavy (non-hydrogen) atoms. The monoisotopic (exact) mass is 504 g/mol. The van der Waals surface area contributed by atoms with Gasteiger partial charge in [-0.1, -0.05) is 26.0 Å². The molecule has 1 aliphatic heterocycles. The third kappa shape index (κ3) is 4.14. The smallest absolute Gasteiger partial charge is 0.254 e. The van der Waals surface area contributed by atoms with Gasteiger partial charge in [0.25, 0.3) is 5.91 Å². The van der Waals surface area contributed by atoms with Crippen molar-refractivity contribution in [2.45, 2.75) is 45.8 Å². The minimum atomic E-state index is -0.771. The Bertz CT molecular complexity index is 1460. The Hall–Kier alpha value is -3.36. The molecule has 3 aromatic heterocycles. The van der Waals surface area contributed by atoms with Crippen molar-refractivity contribution < 1.29 is 14.3 Å². The zero-order valence-corrected chi connectivity index (χ0v) is 21.6. The van der Waals surface area contributed by atoms with Gasteiger partial charge in [-0.2, -0.15) is 0 Å². The van der Waals surface area contributed by atoms with Crippen LogP contribution in [0.2, 0.25) is 0 Å². The van der Waals surface area contributed by atoms with E-state index in [1.165, 1.54) is 12.1 Å². The number of nitrogens with zero attached hydrogens (tertiary/aromatic N) is 2. The normalized spacial score (nSPS) is 17.0. The topological polar surface area (TPSA) is 87.1 Å². The molecule has 186 valence electrons. The van der Waals surface area contributed by atoms with Crippen molar-refractivity contribution in [3.05, 3.63) is 76.5 Å². The number of halogens is 1. The Balaban J connectivity index is 1.75. The lowest BCUT2D eigenvalue weighted by Gasteiger charge is -2.26. The van der Waals surface area contributed by atoms with Gasteiger partial charge in [-0.15, -0.1) is 11.3 Å². The van der Waals surface area contributed by atoms with E-state index >= 15 is 0 Å². The number of hydrogen-bond donors (Lipinski definition) is 3. The van der Waals surface area contributed by atoms with Gasteiger partial charge >= 0.3 is 0 Å². The number of aliphatic hydroxyl groups is 1. The van der Waals surface area contributed by atoms with E-state index in [-0.39, 0.29) is 18.3 Å². The van der Waals surface area contributed by atoms with E-state index in [0.717, 1.165) is 37.6 Å². The number of nitrogens with one attached hydrogen (secondary N) is 2. The summed E-state index contributed by atoms with van der Waals surface area (Å²) in [7, 11) is 1.83. The predicted molar refractivity (Wildman–Crippen MR) is 142 cm³/mol. The van der Waals surface area contributed by atoms with E-state index < -0.39 is 5.54 Å². The van der Waals surface area contributed by atoms with Crippen LogP contribution in [0.4, 0.5) is 10.2 Å². The van der Waals surface area contributed by atoms with Crippen LogP contribution in [-0.2, 0) is 25.0 Å². The number of rotatable bonds is 7. The second kappa shape index (κ2) is 9.26. The summed E-state index contributed by atoms with van der Waals surface area (Å²) in [5.41, 5.74) is 3.53. The molecule has 4 aromatic rings. The maximum Gasteiger partial charge on any atom is 0.254 e. The first-order chi connectivity index (χ1) is 17.2. The Morgan fingerprint density at radius 2 is 1.94 bits per heavy atom. The number of fused-ring (bicyclic) bond motifs is 2. The van der Waals surface area contributed by atoms with Crippen molar-refractivity contribution in [1.29, 1.82) is 0 Å². The summed E-state index contributed by atoms with van der Waals surface area (Å²) in [5, 5.41) is 17.8. The van der Waals surface area contributed by atoms with E-state index in [4.69, 9.17) is 4.98 Å². The number of aliphatic hydroxyl groups excluding tert-OH is 1. The number of benzene rings is 1. The Labute approximate surface area is 213 Å². The summed E-state index contributed by atoms with van der Waals surface area (Å²) in [6.45, 7) is 5.97. The van der Waals surface area contributed by atoms with Crippen LogP contribution in [0.5, 0.6) is 0 Å². The fourth-order valence-corrected chi connectivity index (χ4v) is 6.30. The highest BCUT2D eigenvalue weighted by molar-refractivity contribution is 7.22. The average molecular weight is 505 g/mol. The first-order valence-electron chi connectivity index (χ1n) is 12.0. The number of anilines is 1. The molecule has 4 heterocycles. The van der Waals surface area contributed by atoms with Gasteiger partial charge in [-0.25, -0.2) is 9.37 Å². The summed E-state index contributed by atoms with van der Waals surface area (Å²) in [4.78, 5) is 23.9. The minimum absolute atomic E-state index is 0.215. The number of amides is 1. The van der Waals surface area contributed by atoms with E-state index in [1.807, 2.05) is 20.0 Å². The average Bonchev–Trinajstić information content (AvgIpc) is 3.38. The summed E-state index contributed by atoms with van der Waals surface area (Å²) >= 11 is 1.55. The van der Waals surface area contributed by atoms with Gasteiger partial charge in [-0.3, -0.25) is 9.78 Å². The first kappa shape index (κ1) is 24.3. The highest BCUT2D eigenvalue weighted by Gasteiger charge is 2.44. The molecule has 0 spiro atoms. The van der Waals surface area contributed by atoms with Crippen LogP contribution >= 0.6 is 11.3 Å². The van der Waals surface area contributed by atoms with E-state index in [1.54, 1.807) is 29.7 Å². The zero-order valence-electron chi connectivity index (χ0n) is 20.8. The molecule has 5 rings (SSSR count). The Morgan fingerprint density at radius 1 is 1.19 bits per heavy atom. The molecule has 0 radical (unpaired) electrons. The fourth-order valence-electron chi connectivity index (χ4n) is 5.07. The lowest BCUT2D eigenvalue weighted by Crippen LogP contribution is -2.39. The maximum absolute atomic E-state index is 13.5. The second-order valence-corrected chi connectivity index (χ2v) is 11.0. The number of hydrogen-bond acceptors (Lipinski definition) is 6. The van der Waals surface area contributed by atoms with Crippen LogP contribution in [0.1, 0.15) is 53.6 Å². The fraction of sp³-hybridized carbons (Fsp3) is 0.321. The van der Waals surface area contributed by atoms with Crippen molar-refractivity contribution >= 4 is 33.1 Å². The molecule has 1 aliphatic rings. The van der Waals surface area contributed by atoms with Gasteiger partial charge in [0, 0.05) is 41.4 Å². The third-order valence-electron chi connectivity index (χ3n) is 6.67. The minimum Gasteiger partial charge on any atom is -0.392 e. The lowest BCUT2D eigenvalue weighted by atomic mass is 9.86. The highest BCUT2D eigenvalue weighted by atomic mass is 32.1. The van der Waals surface area contributed by atoms with Gasteiger partial charge in [0.2, 0.25) is 0 Å². The highest BCUT2D eigenvalue weighted by Crippen LogP contribution is 2.45. The van der Waals surface area contributed by atoms with Gasteiger partial charge in [0.05, 0.1) is 28.1 Å². The van der Waals surface area contributed by atoms with Crippen LogP contribution in [0.3, 0.4) is 0 Å². The van der Waals surface area contributed by atoms with Crippen LogP contribution < -0.4 is 10.6 Å². The molecule has 0 unspecified atom stereocenters. The molecule has 0 fully saturated rings. The van der Waals surface area contributed by atoms with Crippen LogP contribution in [0, 0.1) is 11.7 Å². The molecular weight excluding hydrogens is 475 g/mol. The number of carbonyl (C=O) groups is 1. The molecule has 0 aliphatic carbocycles. The summed E-state index contributed by atoms with van der Waals surface area (Å²) in [6.07, 6.45) is 2.90. The van der Waals surface area contributed by atoms with E-state index in [2.05, 4.69) is 35.5 Å². The third-order valence-corrected chi connectivity index (χ3v) is 7.85. The molecule has 0 bridgehead atoms. The van der Waals surface area contributed by atoms with Gasteiger partial charge < -0.3 is 15.7 Å². The van der Waals surface area contributed by atoms with Crippen molar-refractivity contribution in [1.82, 2.24) is 15.3 Å². The van der Waals surface area contributed by atoms with E-state index in [9.17, 15) is 14.3 Å². The molecule has 1 amide bonds. The standard InChI is InChI=1S/C28H29FN4O2S/c1-15(2)11-20-19(14-34)22(21-12-17-9-10-31-26(30-4)24(17)36-21)23-25(32-20)28(3,33-27(23)35)13-16-5-7-18(29)8-6-16/h5-10,12,15,34H,11,13-14H2,1-4H3,(H,30,31)(H,33,35)/t28-/m0/s1. The predicted octanol–water partition coefficient (Wildman–Crippen LogP) is 5.43. The van der Waals surface area contributed by atoms with Crippen molar-refractivity contribution in [3.63, 3.8) is 0 Å².